The molecule has 1 aliphatic heterocycles. The number of hydrogen-bond acceptors (Lipinski definition) is 4. The number of aryl methyl sites for hydroxylation is 1. The lowest BCUT2D eigenvalue weighted by atomic mass is 10.1. The molecule has 2 amide bonds. The maximum absolute atomic E-state index is 12.6. The van der Waals surface area contributed by atoms with Crippen LogP contribution in [0.2, 0.25) is 0 Å². The Balaban J connectivity index is 1.35. The first-order chi connectivity index (χ1) is 14.2. The van der Waals surface area contributed by atoms with E-state index < -0.39 is 0 Å². The number of aromatic nitrogens is 2. The SMILES string of the molecule is CCc1ccccc1NC(=O)N1CCN(c2ccc(-c3ccccc3)nn2)CC1. The number of urea groups is 1. The molecule has 1 saturated heterocycles. The lowest BCUT2D eigenvalue weighted by Gasteiger charge is -2.35. The van der Waals surface area contributed by atoms with E-state index >= 15 is 0 Å². The van der Waals surface area contributed by atoms with Gasteiger partial charge in [-0.3, -0.25) is 0 Å². The number of nitrogens with zero attached hydrogens (tertiary/aromatic N) is 4. The molecule has 0 saturated carbocycles. The van der Waals surface area contributed by atoms with Gasteiger partial charge in [-0.2, -0.15) is 0 Å². The lowest BCUT2D eigenvalue weighted by molar-refractivity contribution is 0.208. The minimum atomic E-state index is -0.0453. The fourth-order valence-electron chi connectivity index (χ4n) is 3.54. The lowest BCUT2D eigenvalue weighted by Crippen LogP contribution is -2.50. The number of rotatable bonds is 4. The first-order valence-corrected chi connectivity index (χ1v) is 10.0. The Kier molecular flexibility index (Phi) is 5.70. The normalized spacial score (nSPS) is 14.0. The van der Waals surface area contributed by atoms with Crippen molar-refractivity contribution in [2.75, 3.05) is 36.4 Å². The second-order valence-electron chi connectivity index (χ2n) is 7.06. The van der Waals surface area contributed by atoms with E-state index in [0.717, 1.165) is 47.8 Å². The number of para-hydroxylation sites is 1. The van der Waals surface area contributed by atoms with Gasteiger partial charge >= 0.3 is 6.03 Å². The zero-order chi connectivity index (χ0) is 20.1. The molecular formula is C23H25N5O. The standard InChI is InChI=1S/C23H25N5O/c1-2-18-8-6-7-11-20(18)24-23(29)28-16-14-27(15-17-28)22-13-12-21(25-26-22)19-9-4-3-5-10-19/h3-13H,2,14-17H2,1H3,(H,24,29). The van der Waals surface area contributed by atoms with Crippen LogP contribution in [0.25, 0.3) is 11.3 Å². The van der Waals surface area contributed by atoms with Crippen LogP contribution in [-0.4, -0.2) is 47.3 Å². The highest BCUT2D eigenvalue weighted by atomic mass is 16.2. The zero-order valence-electron chi connectivity index (χ0n) is 16.6. The molecule has 6 nitrogen and oxygen atoms in total. The number of anilines is 2. The van der Waals surface area contributed by atoms with Crippen LogP contribution in [0.15, 0.2) is 66.7 Å². The van der Waals surface area contributed by atoms with Gasteiger partial charge in [0, 0.05) is 37.4 Å². The number of carbonyl (C=O) groups is 1. The molecule has 2 aromatic carbocycles. The highest BCUT2D eigenvalue weighted by Gasteiger charge is 2.22. The minimum absolute atomic E-state index is 0.0453. The summed E-state index contributed by atoms with van der Waals surface area (Å²) in [6.45, 7) is 4.88. The third kappa shape index (κ3) is 4.37. The summed E-state index contributed by atoms with van der Waals surface area (Å²) in [5.41, 5.74) is 3.96. The summed E-state index contributed by atoms with van der Waals surface area (Å²) in [6.07, 6.45) is 0.891. The highest BCUT2D eigenvalue weighted by Crippen LogP contribution is 2.20. The third-order valence-corrected chi connectivity index (χ3v) is 5.25. The Labute approximate surface area is 171 Å². The highest BCUT2D eigenvalue weighted by molar-refractivity contribution is 5.90. The molecule has 0 atom stereocenters. The van der Waals surface area contributed by atoms with Crippen LogP contribution >= 0.6 is 0 Å². The van der Waals surface area contributed by atoms with Crippen molar-refractivity contribution in [3.63, 3.8) is 0 Å². The third-order valence-electron chi connectivity index (χ3n) is 5.25. The van der Waals surface area contributed by atoms with Crippen molar-refractivity contribution in [3.05, 3.63) is 72.3 Å². The maximum Gasteiger partial charge on any atom is 0.321 e. The van der Waals surface area contributed by atoms with Crippen LogP contribution in [-0.2, 0) is 6.42 Å². The Morgan fingerprint density at radius 1 is 0.897 bits per heavy atom. The van der Waals surface area contributed by atoms with Gasteiger partial charge in [-0.25, -0.2) is 4.79 Å². The van der Waals surface area contributed by atoms with Gasteiger partial charge in [-0.15, -0.1) is 10.2 Å². The molecule has 0 aliphatic carbocycles. The number of nitrogens with one attached hydrogen (secondary N) is 1. The van der Waals surface area contributed by atoms with E-state index in [1.54, 1.807) is 0 Å². The van der Waals surface area contributed by atoms with Gasteiger partial charge in [0.25, 0.3) is 0 Å². The second-order valence-corrected chi connectivity index (χ2v) is 7.06. The van der Waals surface area contributed by atoms with Crippen molar-refractivity contribution in [1.82, 2.24) is 15.1 Å². The van der Waals surface area contributed by atoms with Crippen LogP contribution in [0.4, 0.5) is 16.3 Å². The molecule has 29 heavy (non-hydrogen) atoms. The quantitative estimate of drug-likeness (QED) is 0.733. The molecule has 4 rings (SSSR count). The number of amides is 2. The topological polar surface area (TPSA) is 61.4 Å². The van der Waals surface area contributed by atoms with Gasteiger partial charge in [0.15, 0.2) is 5.82 Å². The van der Waals surface area contributed by atoms with E-state index in [-0.39, 0.29) is 6.03 Å². The second kappa shape index (κ2) is 8.73. The van der Waals surface area contributed by atoms with E-state index in [4.69, 9.17) is 0 Å². The largest absolute Gasteiger partial charge is 0.352 e. The molecule has 1 N–H and O–H groups in total. The molecule has 0 unspecified atom stereocenters. The Bertz CT molecular complexity index is 951. The van der Waals surface area contributed by atoms with Crippen LogP contribution in [0.3, 0.4) is 0 Å². The summed E-state index contributed by atoms with van der Waals surface area (Å²) in [4.78, 5) is 16.7. The molecule has 3 aromatic rings. The maximum atomic E-state index is 12.6. The van der Waals surface area contributed by atoms with Crippen molar-refractivity contribution in [2.45, 2.75) is 13.3 Å². The van der Waals surface area contributed by atoms with E-state index in [1.807, 2.05) is 71.6 Å². The number of piperazine rings is 1. The van der Waals surface area contributed by atoms with Crippen LogP contribution < -0.4 is 10.2 Å². The fourth-order valence-corrected chi connectivity index (χ4v) is 3.54. The van der Waals surface area contributed by atoms with E-state index in [1.165, 1.54) is 0 Å². The van der Waals surface area contributed by atoms with Crippen molar-refractivity contribution in [2.24, 2.45) is 0 Å². The summed E-state index contributed by atoms with van der Waals surface area (Å²) >= 11 is 0. The molecular weight excluding hydrogens is 362 g/mol. The molecule has 0 radical (unpaired) electrons. The summed E-state index contributed by atoms with van der Waals surface area (Å²) in [5, 5.41) is 11.8. The minimum Gasteiger partial charge on any atom is -0.352 e. The number of benzene rings is 2. The van der Waals surface area contributed by atoms with Crippen molar-refractivity contribution < 1.29 is 4.79 Å². The van der Waals surface area contributed by atoms with Crippen molar-refractivity contribution in [1.29, 1.82) is 0 Å². The molecule has 0 bridgehead atoms. The van der Waals surface area contributed by atoms with Gasteiger partial charge in [0.2, 0.25) is 0 Å². The van der Waals surface area contributed by atoms with Crippen LogP contribution in [0.1, 0.15) is 12.5 Å². The van der Waals surface area contributed by atoms with Crippen molar-refractivity contribution >= 4 is 17.5 Å². The predicted molar refractivity (Wildman–Crippen MR) is 116 cm³/mol. The molecule has 1 fully saturated rings. The smallest absolute Gasteiger partial charge is 0.321 e. The van der Waals surface area contributed by atoms with Crippen LogP contribution in [0.5, 0.6) is 0 Å². The number of carbonyl (C=O) groups excluding carboxylic acids is 1. The average molecular weight is 387 g/mol. The fraction of sp³-hybridized carbons (Fsp3) is 0.261. The summed E-state index contributed by atoms with van der Waals surface area (Å²) in [5.74, 6) is 0.848. The summed E-state index contributed by atoms with van der Waals surface area (Å²) in [6, 6.07) is 21.9. The van der Waals surface area contributed by atoms with Gasteiger partial charge in [0.1, 0.15) is 0 Å². The Morgan fingerprint density at radius 2 is 1.62 bits per heavy atom. The molecule has 1 aliphatic rings. The molecule has 148 valence electrons. The first-order valence-electron chi connectivity index (χ1n) is 10.0. The molecule has 0 spiro atoms. The predicted octanol–water partition coefficient (Wildman–Crippen LogP) is 4.06. The van der Waals surface area contributed by atoms with E-state index in [2.05, 4.69) is 27.3 Å². The van der Waals surface area contributed by atoms with Gasteiger partial charge in [-0.1, -0.05) is 55.5 Å². The summed E-state index contributed by atoms with van der Waals surface area (Å²) < 4.78 is 0. The summed E-state index contributed by atoms with van der Waals surface area (Å²) in [7, 11) is 0. The van der Waals surface area contributed by atoms with Gasteiger partial charge in [0.05, 0.1) is 5.69 Å². The van der Waals surface area contributed by atoms with Gasteiger partial charge < -0.3 is 15.1 Å². The van der Waals surface area contributed by atoms with Gasteiger partial charge in [-0.05, 0) is 30.2 Å². The molecule has 2 heterocycles. The van der Waals surface area contributed by atoms with Crippen molar-refractivity contribution in [3.8, 4) is 11.3 Å². The Morgan fingerprint density at radius 3 is 2.31 bits per heavy atom. The monoisotopic (exact) mass is 387 g/mol. The zero-order valence-corrected chi connectivity index (χ0v) is 16.6. The first kappa shape index (κ1) is 18.9. The van der Waals surface area contributed by atoms with Crippen LogP contribution in [0, 0.1) is 0 Å². The Hall–Kier alpha value is -3.41. The average Bonchev–Trinajstić information content (AvgIpc) is 2.80. The molecule has 6 heteroatoms. The van der Waals surface area contributed by atoms with E-state index in [9.17, 15) is 4.79 Å². The number of hydrogen-bond donors (Lipinski definition) is 1. The van der Waals surface area contributed by atoms with E-state index in [0.29, 0.717) is 13.1 Å². The molecule has 1 aromatic heterocycles.